The summed E-state index contributed by atoms with van der Waals surface area (Å²) >= 11 is 0. The lowest BCUT2D eigenvalue weighted by Crippen LogP contribution is -2.68. The molecule has 3 atom stereocenters. The molecule has 0 bridgehead atoms. The second kappa shape index (κ2) is 9.20. The Morgan fingerprint density at radius 3 is 2.65 bits per heavy atom. The first kappa shape index (κ1) is 20.9. The van der Waals surface area contributed by atoms with E-state index in [4.69, 9.17) is 4.74 Å². The summed E-state index contributed by atoms with van der Waals surface area (Å²) in [5.74, 6) is -0.174. The van der Waals surface area contributed by atoms with Gasteiger partial charge in [-0.2, -0.15) is 0 Å². The van der Waals surface area contributed by atoms with Gasteiger partial charge in [-0.15, -0.1) is 0 Å². The van der Waals surface area contributed by atoms with Crippen molar-refractivity contribution in [2.45, 2.75) is 50.2 Å². The zero-order valence-corrected chi connectivity index (χ0v) is 17.5. The topological polar surface area (TPSA) is 87.7 Å². The van der Waals surface area contributed by atoms with E-state index >= 15 is 0 Å². The molecule has 3 amide bonds. The number of amides is 3. The Bertz CT molecular complexity index is 962. The predicted molar refractivity (Wildman–Crippen MR) is 117 cm³/mol. The molecule has 0 aromatic heterocycles. The molecule has 1 aliphatic carbocycles. The number of anilines is 1. The molecule has 2 aromatic rings. The summed E-state index contributed by atoms with van der Waals surface area (Å²) in [6.45, 7) is 0. The van der Waals surface area contributed by atoms with Gasteiger partial charge in [0.05, 0.1) is 19.6 Å². The van der Waals surface area contributed by atoms with Crippen LogP contribution in [0.15, 0.2) is 54.6 Å². The molecule has 31 heavy (non-hydrogen) atoms. The molecule has 1 saturated heterocycles. The van der Waals surface area contributed by atoms with Gasteiger partial charge in [0.1, 0.15) is 11.8 Å². The average Bonchev–Trinajstić information content (AvgIpc) is 2.80. The molecule has 1 aliphatic heterocycles. The molecule has 0 unspecified atom stereocenters. The van der Waals surface area contributed by atoms with Crippen molar-refractivity contribution in [1.82, 2.24) is 10.2 Å². The Labute approximate surface area is 181 Å². The molecule has 0 radical (unpaired) electrons. The lowest BCUT2D eigenvalue weighted by atomic mass is 9.84. The van der Waals surface area contributed by atoms with E-state index in [1.807, 2.05) is 6.07 Å². The standard InChI is InChI=1S/C24H27N3O4/c1-31-18-11-7-10-17(14-18)25-22(28)15-21-23(29)26-19-12-5-6-13-20(19)27(21)24(30)16-8-3-2-4-9-16/h2-4,7-11,14,19-21H,5-6,12-13,15H2,1H3,(H,25,28)(H,26,29)/t19-,20-,21-/m1/s1. The minimum absolute atomic E-state index is 0.0633. The molecular weight excluding hydrogens is 394 g/mol. The second-order valence-electron chi connectivity index (χ2n) is 8.05. The summed E-state index contributed by atoms with van der Waals surface area (Å²) in [4.78, 5) is 40.9. The number of hydrogen-bond acceptors (Lipinski definition) is 4. The SMILES string of the molecule is COc1cccc(NC(=O)C[C@@H]2C(=O)N[C@@H]3CCCC[C@H]3N2C(=O)c2ccccc2)c1. The highest BCUT2D eigenvalue weighted by Gasteiger charge is 2.46. The molecule has 2 aliphatic rings. The van der Waals surface area contributed by atoms with E-state index in [9.17, 15) is 14.4 Å². The Morgan fingerprint density at radius 1 is 1.10 bits per heavy atom. The van der Waals surface area contributed by atoms with E-state index in [1.54, 1.807) is 60.5 Å². The van der Waals surface area contributed by atoms with Crippen LogP contribution in [0.1, 0.15) is 42.5 Å². The van der Waals surface area contributed by atoms with Crippen LogP contribution in [-0.4, -0.2) is 47.9 Å². The largest absolute Gasteiger partial charge is 0.497 e. The van der Waals surface area contributed by atoms with E-state index < -0.39 is 6.04 Å². The molecule has 1 saturated carbocycles. The molecule has 1 heterocycles. The minimum Gasteiger partial charge on any atom is -0.497 e. The monoisotopic (exact) mass is 421 g/mol. The van der Waals surface area contributed by atoms with Crippen molar-refractivity contribution in [1.29, 1.82) is 0 Å². The summed E-state index contributed by atoms with van der Waals surface area (Å²) in [5, 5.41) is 5.88. The van der Waals surface area contributed by atoms with Gasteiger partial charge < -0.3 is 20.3 Å². The summed E-state index contributed by atoms with van der Waals surface area (Å²) in [5.41, 5.74) is 1.11. The molecule has 2 N–H and O–H groups in total. The summed E-state index contributed by atoms with van der Waals surface area (Å²) in [6, 6.07) is 15.0. The molecule has 162 valence electrons. The fourth-order valence-electron chi connectivity index (χ4n) is 4.55. The van der Waals surface area contributed by atoms with Gasteiger partial charge in [0, 0.05) is 23.4 Å². The van der Waals surface area contributed by atoms with E-state index in [0.717, 1.165) is 25.7 Å². The van der Waals surface area contributed by atoms with Crippen LogP contribution in [0, 0.1) is 0 Å². The van der Waals surface area contributed by atoms with Crippen molar-refractivity contribution in [2.75, 3.05) is 12.4 Å². The molecular formula is C24H27N3O4. The number of nitrogens with zero attached hydrogens (tertiary/aromatic N) is 1. The number of hydrogen-bond donors (Lipinski definition) is 2. The van der Waals surface area contributed by atoms with Crippen molar-refractivity contribution in [2.24, 2.45) is 0 Å². The zero-order chi connectivity index (χ0) is 21.8. The maximum absolute atomic E-state index is 13.4. The van der Waals surface area contributed by atoms with Crippen molar-refractivity contribution in [3.05, 3.63) is 60.2 Å². The first-order chi connectivity index (χ1) is 15.1. The lowest BCUT2D eigenvalue weighted by molar-refractivity contribution is -0.135. The van der Waals surface area contributed by atoms with Gasteiger partial charge in [-0.25, -0.2) is 0 Å². The van der Waals surface area contributed by atoms with Crippen LogP contribution in [0.2, 0.25) is 0 Å². The Morgan fingerprint density at radius 2 is 1.87 bits per heavy atom. The third-order valence-corrected chi connectivity index (χ3v) is 6.04. The van der Waals surface area contributed by atoms with Crippen molar-refractivity contribution in [3.8, 4) is 5.75 Å². The van der Waals surface area contributed by atoms with E-state index in [1.165, 1.54) is 0 Å². The van der Waals surface area contributed by atoms with Gasteiger partial charge in [-0.1, -0.05) is 37.1 Å². The highest BCUT2D eigenvalue weighted by molar-refractivity contribution is 6.01. The summed E-state index contributed by atoms with van der Waals surface area (Å²) in [7, 11) is 1.56. The number of ether oxygens (including phenoxy) is 1. The van der Waals surface area contributed by atoms with Gasteiger partial charge in [-0.05, 0) is 37.1 Å². The first-order valence-corrected chi connectivity index (χ1v) is 10.7. The predicted octanol–water partition coefficient (Wildman–Crippen LogP) is 2.98. The third kappa shape index (κ3) is 4.55. The molecule has 7 nitrogen and oxygen atoms in total. The number of rotatable bonds is 5. The van der Waals surface area contributed by atoms with Gasteiger partial charge in [0.25, 0.3) is 5.91 Å². The van der Waals surface area contributed by atoms with E-state index in [-0.39, 0.29) is 36.2 Å². The number of carbonyl (C=O) groups is 3. The average molecular weight is 421 g/mol. The van der Waals surface area contributed by atoms with Crippen LogP contribution < -0.4 is 15.4 Å². The molecule has 7 heteroatoms. The number of fused-ring (bicyclic) bond motifs is 1. The van der Waals surface area contributed by atoms with Crippen LogP contribution in [0.4, 0.5) is 5.69 Å². The second-order valence-corrected chi connectivity index (χ2v) is 8.05. The fourth-order valence-corrected chi connectivity index (χ4v) is 4.55. The maximum atomic E-state index is 13.4. The Kier molecular flexibility index (Phi) is 6.21. The smallest absolute Gasteiger partial charge is 0.254 e. The van der Waals surface area contributed by atoms with Crippen LogP contribution in [0.25, 0.3) is 0 Å². The van der Waals surface area contributed by atoms with Crippen molar-refractivity contribution < 1.29 is 19.1 Å². The maximum Gasteiger partial charge on any atom is 0.254 e. The number of benzene rings is 2. The van der Waals surface area contributed by atoms with Crippen LogP contribution in [-0.2, 0) is 9.59 Å². The number of methoxy groups -OCH3 is 1. The van der Waals surface area contributed by atoms with Gasteiger partial charge >= 0.3 is 0 Å². The number of carbonyl (C=O) groups excluding carboxylic acids is 3. The first-order valence-electron chi connectivity index (χ1n) is 10.7. The van der Waals surface area contributed by atoms with E-state index in [0.29, 0.717) is 17.0 Å². The van der Waals surface area contributed by atoms with Gasteiger partial charge in [0.2, 0.25) is 11.8 Å². The van der Waals surface area contributed by atoms with Gasteiger partial charge in [-0.3, -0.25) is 14.4 Å². The van der Waals surface area contributed by atoms with Gasteiger partial charge in [0.15, 0.2) is 0 Å². The molecule has 4 rings (SSSR count). The molecule has 2 aromatic carbocycles. The highest BCUT2D eigenvalue weighted by Crippen LogP contribution is 2.31. The summed E-state index contributed by atoms with van der Waals surface area (Å²) in [6.07, 6.45) is 3.58. The highest BCUT2D eigenvalue weighted by atomic mass is 16.5. The van der Waals surface area contributed by atoms with Crippen molar-refractivity contribution in [3.63, 3.8) is 0 Å². The quantitative estimate of drug-likeness (QED) is 0.777. The van der Waals surface area contributed by atoms with Crippen LogP contribution in [0.3, 0.4) is 0 Å². The summed E-state index contributed by atoms with van der Waals surface area (Å²) < 4.78 is 5.19. The third-order valence-electron chi connectivity index (χ3n) is 6.04. The zero-order valence-electron chi connectivity index (χ0n) is 17.5. The van der Waals surface area contributed by atoms with Crippen LogP contribution in [0.5, 0.6) is 5.75 Å². The fraction of sp³-hybridized carbons (Fsp3) is 0.375. The Hall–Kier alpha value is -3.35. The Balaban J connectivity index is 1.57. The lowest BCUT2D eigenvalue weighted by Gasteiger charge is -2.48. The molecule has 0 spiro atoms. The normalized spacial score (nSPS) is 22.8. The molecule has 2 fully saturated rings. The van der Waals surface area contributed by atoms with Crippen LogP contribution >= 0.6 is 0 Å². The number of piperazine rings is 1. The van der Waals surface area contributed by atoms with E-state index in [2.05, 4.69) is 10.6 Å². The van der Waals surface area contributed by atoms with Crippen molar-refractivity contribution >= 4 is 23.4 Å². The number of nitrogens with one attached hydrogen (secondary N) is 2. The minimum atomic E-state index is -0.849.